The maximum absolute atomic E-state index is 11.4. The first kappa shape index (κ1) is 15.0. The molecule has 0 aliphatic carbocycles. The zero-order valence-electron chi connectivity index (χ0n) is 10.9. The van der Waals surface area contributed by atoms with Gasteiger partial charge in [0.1, 0.15) is 5.75 Å². The van der Waals surface area contributed by atoms with E-state index in [0.717, 1.165) is 17.5 Å². The SMILES string of the molecule is Br.CCC(c1ccc(O)c2c1CC(=O)N2)N(C)C. The Bertz CT molecular complexity index is 461. The number of fused-ring (bicyclic) bond motifs is 1. The van der Waals surface area contributed by atoms with Crippen molar-refractivity contribution in [3.63, 3.8) is 0 Å². The Morgan fingerprint density at radius 3 is 2.67 bits per heavy atom. The molecule has 4 nitrogen and oxygen atoms in total. The van der Waals surface area contributed by atoms with Gasteiger partial charge in [0, 0.05) is 6.04 Å². The predicted molar refractivity (Wildman–Crippen MR) is 77.5 cm³/mol. The third-order valence-electron chi connectivity index (χ3n) is 3.30. The molecule has 2 N–H and O–H groups in total. The fourth-order valence-electron chi connectivity index (χ4n) is 2.50. The molecule has 5 heteroatoms. The normalized spacial score (nSPS) is 15.0. The summed E-state index contributed by atoms with van der Waals surface area (Å²) in [5.74, 6) is 0.111. The van der Waals surface area contributed by atoms with Crippen LogP contribution in [0.4, 0.5) is 5.69 Å². The molecule has 18 heavy (non-hydrogen) atoms. The van der Waals surface area contributed by atoms with Crippen LogP contribution < -0.4 is 5.32 Å². The fraction of sp³-hybridized carbons (Fsp3) is 0.462. The molecule has 0 saturated heterocycles. The number of amides is 1. The summed E-state index contributed by atoms with van der Waals surface area (Å²) in [4.78, 5) is 13.6. The van der Waals surface area contributed by atoms with E-state index in [1.165, 1.54) is 0 Å². The van der Waals surface area contributed by atoms with Crippen molar-refractivity contribution in [1.29, 1.82) is 0 Å². The first-order valence-electron chi connectivity index (χ1n) is 5.85. The highest BCUT2D eigenvalue weighted by molar-refractivity contribution is 8.93. The van der Waals surface area contributed by atoms with E-state index in [-0.39, 0.29) is 34.7 Å². The summed E-state index contributed by atoms with van der Waals surface area (Å²) in [6.45, 7) is 2.12. The minimum Gasteiger partial charge on any atom is -0.506 e. The molecule has 1 unspecified atom stereocenters. The standard InChI is InChI=1S/C13H18N2O2.BrH/c1-4-10(15(2)3)8-5-6-11(16)13-9(8)7-12(17)14-13;/h5-6,10,16H,4,7H2,1-3H3,(H,14,17);1H. The number of aromatic hydroxyl groups is 1. The van der Waals surface area contributed by atoms with Crippen LogP contribution >= 0.6 is 17.0 Å². The molecular weight excluding hydrogens is 296 g/mol. The monoisotopic (exact) mass is 314 g/mol. The maximum Gasteiger partial charge on any atom is 0.228 e. The molecule has 0 spiro atoms. The Morgan fingerprint density at radius 2 is 2.11 bits per heavy atom. The highest BCUT2D eigenvalue weighted by Gasteiger charge is 2.27. The van der Waals surface area contributed by atoms with Crippen molar-refractivity contribution in [1.82, 2.24) is 4.90 Å². The zero-order chi connectivity index (χ0) is 12.6. The van der Waals surface area contributed by atoms with Gasteiger partial charge in [-0.05, 0) is 37.7 Å². The molecule has 0 saturated carbocycles. The summed E-state index contributed by atoms with van der Waals surface area (Å²) >= 11 is 0. The molecule has 1 atom stereocenters. The average molecular weight is 315 g/mol. The van der Waals surface area contributed by atoms with Gasteiger partial charge in [0.2, 0.25) is 5.91 Å². The minimum absolute atomic E-state index is 0. The number of rotatable bonds is 3. The Kier molecular flexibility index (Phi) is 4.76. The number of hydrogen-bond acceptors (Lipinski definition) is 3. The topological polar surface area (TPSA) is 52.6 Å². The summed E-state index contributed by atoms with van der Waals surface area (Å²) in [5.41, 5.74) is 2.66. The van der Waals surface area contributed by atoms with Crippen LogP contribution in [0.3, 0.4) is 0 Å². The number of nitrogens with one attached hydrogen (secondary N) is 1. The van der Waals surface area contributed by atoms with Crippen LogP contribution in [0.1, 0.15) is 30.5 Å². The molecule has 2 rings (SSSR count). The number of phenolic OH excluding ortho intramolecular Hbond substituents is 1. The largest absolute Gasteiger partial charge is 0.506 e. The number of phenols is 1. The van der Waals surface area contributed by atoms with E-state index in [1.54, 1.807) is 6.07 Å². The highest BCUT2D eigenvalue weighted by atomic mass is 79.9. The molecule has 1 aliphatic heterocycles. The van der Waals surface area contributed by atoms with E-state index < -0.39 is 0 Å². The number of nitrogens with zero attached hydrogens (tertiary/aromatic N) is 1. The minimum atomic E-state index is -0.0450. The summed E-state index contributed by atoms with van der Waals surface area (Å²) in [6.07, 6.45) is 1.34. The van der Waals surface area contributed by atoms with Crippen LogP contribution in [0.5, 0.6) is 5.75 Å². The summed E-state index contributed by atoms with van der Waals surface area (Å²) in [5, 5.41) is 12.5. The molecule has 1 heterocycles. The van der Waals surface area contributed by atoms with Gasteiger partial charge in [-0.15, -0.1) is 17.0 Å². The van der Waals surface area contributed by atoms with Gasteiger partial charge in [-0.3, -0.25) is 4.79 Å². The molecule has 100 valence electrons. The average Bonchev–Trinajstić information content (AvgIpc) is 2.65. The van der Waals surface area contributed by atoms with Gasteiger partial charge < -0.3 is 15.3 Å². The molecule has 1 amide bonds. The molecule has 0 bridgehead atoms. The van der Waals surface area contributed by atoms with Crippen LogP contribution in [-0.4, -0.2) is 30.0 Å². The second-order valence-corrected chi connectivity index (χ2v) is 4.64. The second kappa shape index (κ2) is 5.71. The third-order valence-corrected chi connectivity index (χ3v) is 3.30. The van der Waals surface area contributed by atoms with E-state index in [2.05, 4.69) is 17.1 Å². The quantitative estimate of drug-likeness (QED) is 0.843. The van der Waals surface area contributed by atoms with Crippen molar-refractivity contribution >= 4 is 28.6 Å². The van der Waals surface area contributed by atoms with Crippen LogP contribution in [0.15, 0.2) is 12.1 Å². The van der Waals surface area contributed by atoms with Crippen molar-refractivity contribution in [3.05, 3.63) is 23.3 Å². The van der Waals surface area contributed by atoms with Gasteiger partial charge in [0.05, 0.1) is 12.1 Å². The van der Waals surface area contributed by atoms with Gasteiger partial charge in [-0.25, -0.2) is 0 Å². The van der Waals surface area contributed by atoms with Crippen molar-refractivity contribution in [2.24, 2.45) is 0 Å². The highest BCUT2D eigenvalue weighted by Crippen LogP contribution is 2.38. The van der Waals surface area contributed by atoms with Crippen molar-refractivity contribution in [2.45, 2.75) is 25.8 Å². The summed E-state index contributed by atoms with van der Waals surface area (Å²) in [7, 11) is 4.05. The van der Waals surface area contributed by atoms with Crippen molar-refractivity contribution < 1.29 is 9.90 Å². The van der Waals surface area contributed by atoms with Gasteiger partial charge >= 0.3 is 0 Å². The van der Waals surface area contributed by atoms with Crippen LogP contribution in [-0.2, 0) is 11.2 Å². The van der Waals surface area contributed by atoms with Gasteiger partial charge in [-0.2, -0.15) is 0 Å². The smallest absolute Gasteiger partial charge is 0.228 e. The number of anilines is 1. The molecular formula is C13H19BrN2O2. The van der Waals surface area contributed by atoms with Crippen LogP contribution in [0.25, 0.3) is 0 Å². The molecule has 0 radical (unpaired) electrons. The van der Waals surface area contributed by atoms with E-state index in [0.29, 0.717) is 12.1 Å². The van der Waals surface area contributed by atoms with Crippen molar-refractivity contribution in [2.75, 3.05) is 19.4 Å². The van der Waals surface area contributed by atoms with Gasteiger partial charge in [0.15, 0.2) is 0 Å². The first-order valence-corrected chi connectivity index (χ1v) is 5.85. The van der Waals surface area contributed by atoms with E-state index >= 15 is 0 Å². The lowest BCUT2D eigenvalue weighted by molar-refractivity contribution is -0.115. The van der Waals surface area contributed by atoms with Gasteiger partial charge in [-0.1, -0.05) is 13.0 Å². The molecule has 1 aromatic rings. The second-order valence-electron chi connectivity index (χ2n) is 4.64. The first-order chi connectivity index (χ1) is 8.04. The molecule has 0 aromatic heterocycles. The third kappa shape index (κ3) is 2.52. The number of carbonyl (C=O) groups is 1. The predicted octanol–water partition coefficient (Wildman–Crippen LogP) is 2.48. The van der Waals surface area contributed by atoms with Crippen LogP contribution in [0.2, 0.25) is 0 Å². The van der Waals surface area contributed by atoms with Crippen molar-refractivity contribution in [3.8, 4) is 5.75 Å². The van der Waals surface area contributed by atoms with E-state index in [1.807, 2.05) is 20.2 Å². The number of benzene rings is 1. The Morgan fingerprint density at radius 1 is 1.44 bits per heavy atom. The Balaban J connectivity index is 0.00000162. The molecule has 1 aromatic carbocycles. The Labute approximate surface area is 118 Å². The van der Waals surface area contributed by atoms with E-state index in [9.17, 15) is 9.90 Å². The lowest BCUT2D eigenvalue weighted by Crippen LogP contribution is -2.20. The molecule has 0 fully saturated rings. The number of hydrogen-bond donors (Lipinski definition) is 2. The number of halogens is 1. The lowest BCUT2D eigenvalue weighted by Gasteiger charge is -2.25. The summed E-state index contributed by atoms with van der Waals surface area (Å²) in [6, 6.07) is 3.85. The number of carbonyl (C=O) groups excluding carboxylic acids is 1. The fourth-order valence-corrected chi connectivity index (χ4v) is 2.50. The van der Waals surface area contributed by atoms with E-state index in [4.69, 9.17) is 0 Å². The maximum atomic E-state index is 11.4. The summed E-state index contributed by atoms with van der Waals surface area (Å²) < 4.78 is 0. The molecule has 1 aliphatic rings. The van der Waals surface area contributed by atoms with Gasteiger partial charge in [0.25, 0.3) is 0 Å². The lowest BCUT2D eigenvalue weighted by atomic mass is 9.95. The zero-order valence-corrected chi connectivity index (χ0v) is 12.6. The van der Waals surface area contributed by atoms with Crippen LogP contribution in [0, 0.1) is 0 Å². The Hall–Kier alpha value is -1.07.